The fourth-order valence-electron chi connectivity index (χ4n) is 4.07. The van der Waals surface area contributed by atoms with E-state index in [9.17, 15) is 5.26 Å². The third-order valence-corrected chi connectivity index (χ3v) is 5.55. The Kier molecular flexibility index (Phi) is 4.45. The molecule has 0 spiro atoms. The van der Waals surface area contributed by atoms with Crippen LogP contribution in [-0.4, -0.2) is 50.6 Å². The lowest BCUT2D eigenvalue weighted by Crippen LogP contribution is -2.44. The first-order chi connectivity index (χ1) is 14.6. The fourth-order valence-corrected chi connectivity index (χ4v) is 4.07. The molecule has 0 unspecified atom stereocenters. The predicted octanol–water partition coefficient (Wildman–Crippen LogP) is 2.39. The zero-order valence-corrected chi connectivity index (χ0v) is 17.0. The van der Waals surface area contributed by atoms with Crippen LogP contribution in [0.1, 0.15) is 11.1 Å². The largest absolute Gasteiger partial charge is 0.354 e. The monoisotopic (exact) mass is 398 g/mol. The molecule has 30 heavy (non-hydrogen) atoms. The topological polar surface area (TPSA) is 87.1 Å². The van der Waals surface area contributed by atoms with Crippen LogP contribution >= 0.6 is 0 Å². The summed E-state index contributed by atoms with van der Waals surface area (Å²) in [6.07, 6.45) is 9.25. The molecule has 0 bridgehead atoms. The average molecular weight is 398 g/mol. The number of rotatable bonds is 3. The van der Waals surface area contributed by atoms with Crippen LogP contribution in [0.4, 0.5) is 5.82 Å². The Balaban J connectivity index is 1.66. The van der Waals surface area contributed by atoms with Crippen LogP contribution in [0.15, 0.2) is 43.1 Å². The van der Waals surface area contributed by atoms with Gasteiger partial charge in [-0.15, -0.1) is 0 Å². The first kappa shape index (κ1) is 18.3. The van der Waals surface area contributed by atoms with Crippen LogP contribution in [-0.2, 0) is 7.05 Å². The second-order valence-corrected chi connectivity index (χ2v) is 7.61. The zero-order chi connectivity index (χ0) is 20.7. The number of nitrogens with one attached hydrogen (secondary N) is 1. The maximum Gasteiger partial charge on any atom is 0.131 e. The predicted molar refractivity (Wildman–Crippen MR) is 115 cm³/mol. The highest BCUT2D eigenvalue weighted by Crippen LogP contribution is 2.33. The Labute approximate surface area is 174 Å². The summed E-state index contributed by atoms with van der Waals surface area (Å²) >= 11 is 0. The van der Waals surface area contributed by atoms with E-state index in [0.29, 0.717) is 5.56 Å². The molecule has 0 radical (unpaired) electrons. The molecule has 0 saturated carbocycles. The highest BCUT2D eigenvalue weighted by Gasteiger charge is 2.18. The molecule has 1 fully saturated rings. The molecule has 0 aromatic carbocycles. The normalized spacial score (nSPS) is 14.2. The van der Waals surface area contributed by atoms with Crippen molar-refractivity contribution in [3.63, 3.8) is 0 Å². The van der Waals surface area contributed by atoms with E-state index < -0.39 is 0 Å². The number of nitriles is 1. The van der Waals surface area contributed by atoms with Crippen molar-refractivity contribution in [3.8, 4) is 28.3 Å². The first-order valence-electron chi connectivity index (χ1n) is 9.97. The highest BCUT2D eigenvalue weighted by atomic mass is 15.2. The average Bonchev–Trinajstić information content (AvgIpc) is 3.39. The number of aryl methyl sites for hydroxylation is 2. The summed E-state index contributed by atoms with van der Waals surface area (Å²) in [4.78, 5) is 7.12. The van der Waals surface area contributed by atoms with Crippen LogP contribution in [0.3, 0.4) is 0 Å². The van der Waals surface area contributed by atoms with Gasteiger partial charge in [0.1, 0.15) is 11.9 Å². The van der Waals surface area contributed by atoms with E-state index in [0.717, 1.165) is 65.3 Å². The minimum Gasteiger partial charge on any atom is -0.354 e. The lowest BCUT2D eigenvalue weighted by molar-refractivity contribution is 0.584. The van der Waals surface area contributed by atoms with Crippen molar-refractivity contribution in [2.24, 2.45) is 7.05 Å². The Morgan fingerprint density at radius 2 is 1.83 bits per heavy atom. The fraction of sp³-hybridized carbons (Fsp3) is 0.273. The van der Waals surface area contributed by atoms with Gasteiger partial charge >= 0.3 is 0 Å². The van der Waals surface area contributed by atoms with E-state index >= 15 is 0 Å². The van der Waals surface area contributed by atoms with Crippen LogP contribution in [0.25, 0.3) is 27.8 Å². The Bertz CT molecular complexity index is 1270. The molecule has 4 aromatic rings. The number of pyridine rings is 2. The van der Waals surface area contributed by atoms with Crippen molar-refractivity contribution in [1.29, 1.82) is 5.26 Å². The molecular weight excluding hydrogens is 376 g/mol. The van der Waals surface area contributed by atoms with E-state index in [1.807, 2.05) is 31.8 Å². The molecule has 8 nitrogen and oxygen atoms in total. The molecule has 0 amide bonds. The molecule has 5 heterocycles. The smallest absolute Gasteiger partial charge is 0.131 e. The van der Waals surface area contributed by atoms with E-state index in [4.69, 9.17) is 4.98 Å². The van der Waals surface area contributed by atoms with Gasteiger partial charge in [-0.3, -0.25) is 4.68 Å². The second-order valence-electron chi connectivity index (χ2n) is 7.61. The summed E-state index contributed by atoms with van der Waals surface area (Å²) in [5, 5.41) is 21.7. The molecule has 150 valence electrons. The van der Waals surface area contributed by atoms with Crippen LogP contribution < -0.4 is 10.2 Å². The molecule has 0 atom stereocenters. The van der Waals surface area contributed by atoms with Crippen molar-refractivity contribution in [2.45, 2.75) is 6.92 Å². The van der Waals surface area contributed by atoms with Crippen molar-refractivity contribution >= 4 is 11.3 Å². The molecule has 0 aliphatic carbocycles. The van der Waals surface area contributed by atoms with Gasteiger partial charge in [0, 0.05) is 74.1 Å². The van der Waals surface area contributed by atoms with Crippen molar-refractivity contribution in [3.05, 3.63) is 54.2 Å². The van der Waals surface area contributed by atoms with Gasteiger partial charge in [0.15, 0.2) is 0 Å². The van der Waals surface area contributed by atoms with Crippen molar-refractivity contribution in [1.82, 2.24) is 29.7 Å². The molecule has 1 aliphatic heterocycles. The van der Waals surface area contributed by atoms with Gasteiger partial charge in [-0.1, -0.05) is 0 Å². The van der Waals surface area contributed by atoms with E-state index in [2.05, 4.69) is 45.5 Å². The molecule has 1 aliphatic rings. The summed E-state index contributed by atoms with van der Waals surface area (Å²) in [6.45, 7) is 5.94. The van der Waals surface area contributed by atoms with E-state index in [-0.39, 0.29) is 0 Å². The highest BCUT2D eigenvalue weighted by molar-refractivity contribution is 5.87. The van der Waals surface area contributed by atoms with E-state index in [1.54, 1.807) is 15.4 Å². The lowest BCUT2D eigenvalue weighted by Gasteiger charge is -2.29. The third-order valence-electron chi connectivity index (χ3n) is 5.55. The minimum absolute atomic E-state index is 0.548. The number of hydrogen-bond donors (Lipinski definition) is 1. The number of hydrogen-bond acceptors (Lipinski definition) is 6. The lowest BCUT2D eigenvalue weighted by atomic mass is 10.00. The summed E-state index contributed by atoms with van der Waals surface area (Å²) in [5.74, 6) is 1.02. The van der Waals surface area contributed by atoms with Gasteiger partial charge in [0.25, 0.3) is 0 Å². The summed E-state index contributed by atoms with van der Waals surface area (Å²) in [7, 11) is 1.90. The molecular formula is C22H22N8. The van der Waals surface area contributed by atoms with Crippen LogP contribution in [0.2, 0.25) is 0 Å². The number of fused-ring (bicyclic) bond motifs is 1. The molecule has 4 aromatic heterocycles. The van der Waals surface area contributed by atoms with Gasteiger partial charge in [-0.25, -0.2) is 9.50 Å². The summed E-state index contributed by atoms with van der Waals surface area (Å²) in [6, 6.07) is 6.51. The summed E-state index contributed by atoms with van der Waals surface area (Å²) in [5.41, 5.74) is 6.36. The standard InChI is InChI=1S/C22H22N8/c1-15-7-16(10-25-22(15)29-5-3-24-4-6-29)20-8-17(19-12-26-28(2)13-19)14-30-21(20)18(9-23)11-27-30/h7-8,10-14,24H,3-6H2,1-2H3. The van der Waals surface area contributed by atoms with Crippen LogP contribution in [0, 0.1) is 18.3 Å². The quantitative estimate of drug-likeness (QED) is 0.570. The third kappa shape index (κ3) is 3.09. The minimum atomic E-state index is 0.548. The second kappa shape index (κ2) is 7.28. The van der Waals surface area contributed by atoms with Gasteiger partial charge in [-0.05, 0) is 24.6 Å². The molecule has 5 rings (SSSR count). The SMILES string of the molecule is Cc1cc(-c2cc(-c3cnn(C)c3)cn3ncc(C#N)c23)cnc1N1CCNCC1. The number of anilines is 1. The Morgan fingerprint density at radius 3 is 2.53 bits per heavy atom. The molecule has 1 saturated heterocycles. The van der Waals surface area contributed by atoms with E-state index in [1.165, 1.54) is 0 Å². The van der Waals surface area contributed by atoms with Gasteiger partial charge in [-0.2, -0.15) is 15.5 Å². The number of piperazine rings is 1. The number of nitrogens with zero attached hydrogens (tertiary/aromatic N) is 7. The van der Waals surface area contributed by atoms with Gasteiger partial charge in [0.2, 0.25) is 0 Å². The van der Waals surface area contributed by atoms with Gasteiger partial charge < -0.3 is 10.2 Å². The Morgan fingerprint density at radius 1 is 1.00 bits per heavy atom. The van der Waals surface area contributed by atoms with Crippen molar-refractivity contribution in [2.75, 3.05) is 31.1 Å². The maximum atomic E-state index is 9.61. The van der Waals surface area contributed by atoms with Crippen molar-refractivity contribution < 1.29 is 0 Å². The summed E-state index contributed by atoms with van der Waals surface area (Å²) < 4.78 is 3.55. The molecule has 8 heteroatoms. The first-order valence-corrected chi connectivity index (χ1v) is 9.97. The number of aromatic nitrogens is 5. The Hall–Kier alpha value is -3.70. The van der Waals surface area contributed by atoms with Crippen LogP contribution in [0.5, 0.6) is 0 Å². The maximum absolute atomic E-state index is 9.61. The van der Waals surface area contributed by atoms with Gasteiger partial charge in [0.05, 0.1) is 23.5 Å². The molecule has 1 N–H and O–H groups in total. The zero-order valence-electron chi connectivity index (χ0n) is 17.0.